The van der Waals surface area contributed by atoms with E-state index in [1.54, 1.807) is 12.1 Å². The highest BCUT2D eigenvalue weighted by molar-refractivity contribution is 6.30. The van der Waals surface area contributed by atoms with Gasteiger partial charge >= 0.3 is 0 Å². The van der Waals surface area contributed by atoms with Crippen molar-refractivity contribution in [3.63, 3.8) is 0 Å². The third-order valence-corrected chi connectivity index (χ3v) is 2.73. The maximum Gasteiger partial charge on any atom is 0.127 e. The molecule has 0 aromatic heterocycles. The molecule has 0 aliphatic heterocycles. The summed E-state index contributed by atoms with van der Waals surface area (Å²) in [5, 5.41) is 9.99. The van der Waals surface area contributed by atoms with Crippen molar-refractivity contribution in [3.05, 3.63) is 34.6 Å². The Morgan fingerprint density at radius 1 is 1.40 bits per heavy atom. The van der Waals surface area contributed by atoms with Crippen molar-refractivity contribution in [1.82, 2.24) is 0 Å². The minimum absolute atomic E-state index is 0.209. The lowest BCUT2D eigenvalue weighted by Crippen LogP contribution is -2.15. The van der Waals surface area contributed by atoms with Crippen LogP contribution in [0.2, 0.25) is 5.02 Å². The van der Waals surface area contributed by atoms with Crippen LogP contribution < -0.4 is 0 Å². The minimum Gasteiger partial charge on any atom is -0.393 e. The van der Waals surface area contributed by atoms with Gasteiger partial charge in [-0.3, -0.25) is 0 Å². The lowest BCUT2D eigenvalue weighted by molar-refractivity contribution is 0.116. The maximum atomic E-state index is 13.3. The summed E-state index contributed by atoms with van der Waals surface area (Å²) in [7, 11) is 0. The van der Waals surface area contributed by atoms with Crippen molar-refractivity contribution in [1.29, 1.82) is 0 Å². The first kappa shape index (κ1) is 12.5. The second-order valence-corrected chi connectivity index (χ2v) is 4.52. The Kier molecular flexibility index (Phi) is 4.55. The van der Waals surface area contributed by atoms with Gasteiger partial charge in [-0.25, -0.2) is 4.39 Å². The van der Waals surface area contributed by atoms with E-state index in [1.807, 2.05) is 13.8 Å². The molecule has 1 rings (SSSR count). The maximum absolute atomic E-state index is 13.3. The summed E-state index contributed by atoms with van der Waals surface area (Å²) in [5.74, 6) is -0.0844. The van der Waals surface area contributed by atoms with Crippen LogP contribution in [0.5, 0.6) is 0 Å². The van der Waals surface area contributed by atoms with E-state index in [0.717, 1.165) is 0 Å². The zero-order valence-corrected chi connectivity index (χ0v) is 9.76. The predicted molar refractivity (Wildman–Crippen MR) is 60.6 cm³/mol. The van der Waals surface area contributed by atoms with Gasteiger partial charge < -0.3 is 5.11 Å². The Labute approximate surface area is 94.9 Å². The smallest absolute Gasteiger partial charge is 0.127 e. The highest BCUT2D eigenvalue weighted by atomic mass is 35.5. The van der Waals surface area contributed by atoms with Gasteiger partial charge in [0.05, 0.1) is 6.10 Å². The predicted octanol–water partition coefficient (Wildman–Crippen LogP) is 3.43. The van der Waals surface area contributed by atoms with E-state index in [9.17, 15) is 9.50 Å². The molecular weight excluding hydrogens is 215 g/mol. The summed E-state index contributed by atoms with van der Waals surface area (Å²) in [6.07, 6.45) is 0.749. The molecule has 0 aliphatic carbocycles. The zero-order chi connectivity index (χ0) is 11.4. The van der Waals surface area contributed by atoms with Crippen LogP contribution in [0.3, 0.4) is 0 Å². The second-order valence-electron chi connectivity index (χ2n) is 4.09. The summed E-state index contributed by atoms with van der Waals surface area (Å²) in [5.41, 5.74) is 0.610. The Balaban J connectivity index is 2.58. The third-order valence-electron chi connectivity index (χ3n) is 2.49. The van der Waals surface area contributed by atoms with Gasteiger partial charge in [-0.2, -0.15) is 0 Å². The van der Waals surface area contributed by atoms with Gasteiger partial charge in [0.2, 0.25) is 0 Å². The third kappa shape index (κ3) is 3.80. The molecule has 1 N–H and O–H groups in total. The van der Waals surface area contributed by atoms with Crippen molar-refractivity contribution < 1.29 is 9.50 Å². The topological polar surface area (TPSA) is 20.2 Å². The molecular formula is C12H16ClFO. The molecule has 0 aliphatic rings. The van der Waals surface area contributed by atoms with E-state index < -0.39 is 0 Å². The summed E-state index contributed by atoms with van der Waals surface area (Å²) >= 11 is 5.64. The Morgan fingerprint density at radius 2 is 2.07 bits per heavy atom. The zero-order valence-electron chi connectivity index (χ0n) is 9.00. The molecule has 0 heterocycles. The van der Waals surface area contributed by atoms with Gasteiger partial charge in [0.15, 0.2) is 0 Å². The highest BCUT2D eigenvalue weighted by Crippen LogP contribution is 2.17. The van der Waals surface area contributed by atoms with E-state index in [0.29, 0.717) is 23.4 Å². The summed E-state index contributed by atoms with van der Waals surface area (Å²) in [4.78, 5) is 0. The molecule has 84 valence electrons. The molecule has 1 unspecified atom stereocenters. The Hall–Kier alpha value is -0.600. The Morgan fingerprint density at radius 3 is 2.60 bits per heavy atom. The fraction of sp³-hybridized carbons (Fsp3) is 0.500. The summed E-state index contributed by atoms with van der Waals surface area (Å²) in [6, 6.07) is 4.64. The summed E-state index contributed by atoms with van der Waals surface area (Å²) < 4.78 is 13.3. The normalized spacial score (nSPS) is 13.2. The van der Waals surface area contributed by atoms with Gasteiger partial charge in [-0.1, -0.05) is 31.5 Å². The SMILES string of the molecule is CC(C)C(O)CCc1ccc(Cl)cc1F. The number of aryl methyl sites for hydroxylation is 1. The van der Waals surface area contributed by atoms with E-state index in [-0.39, 0.29) is 17.8 Å². The van der Waals surface area contributed by atoms with E-state index >= 15 is 0 Å². The van der Waals surface area contributed by atoms with Gasteiger partial charge in [-0.05, 0) is 36.5 Å². The van der Waals surface area contributed by atoms with Crippen molar-refractivity contribution in [3.8, 4) is 0 Å². The first-order valence-corrected chi connectivity index (χ1v) is 5.50. The fourth-order valence-corrected chi connectivity index (χ4v) is 1.52. The molecule has 15 heavy (non-hydrogen) atoms. The first-order valence-electron chi connectivity index (χ1n) is 5.12. The number of aliphatic hydroxyl groups excluding tert-OH is 1. The van der Waals surface area contributed by atoms with Crippen LogP contribution in [0.25, 0.3) is 0 Å². The largest absolute Gasteiger partial charge is 0.393 e. The van der Waals surface area contributed by atoms with E-state index in [1.165, 1.54) is 6.07 Å². The van der Waals surface area contributed by atoms with Gasteiger partial charge in [0.1, 0.15) is 5.82 Å². The van der Waals surface area contributed by atoms with E-state index in [4.69, 9.17) is 11.6 Å². The van der Waals surface area contributed by atoms with Crippen molar-refractivity contribution in [2.24, 2.45) is 5.92 Å². The molecule has 0 saturated carbocycles. The first-order chi connectivity index (χ1) is 7.00. The van der Waals surface area contributed by atoms with Crippen molar-refractivity contribution >= 4 is 11.6 Å². The quantitative estimate of drug-likeness (QED) is 0.840. The second kappa shape index (κ2) is 5.47. The van der Waals surface area contributed by atoms with Gasteiger partial charge in [0, 0.05) is 5.02 Å². The van der Waals surface area contributed by atoms with Gasteiger partial charge in [-0.15, -0.1) is 0 Å². The molecule has 0 saturated heterocycles. The monoisotopic (exact) mass is 230 g/mol. The van der Waals surface area contributed by atoms with Crippen LogP contribution in [0.15, 0.2) is 18.2 Å². The molecule has 1 nitrogen and oxygen atoms in total. The van der Waals surface area contributed by atoms with E-state index in [2.05, 4.69) is 0 Å². The standard InChI is InChI=1S/C12H16ClFO/c1-8(2)12(15)6-4-9-3-5-10(13)7-11(9)14/h3,5,7-8,12,15H,4,6H2,1-2H3. The molecule has 0 fully saturated rings. The number of halogens is 2. The number of rotatable bonds is 4. The number of benzene rings is 1. The van der Waals surface area contributed by atoms with Crippen molar-refractivity contribution in [2.75, 3.05) is 0 Å². The molecule has 3 heteroatoms. The number of hydrogen-bond donors (Lipinski definition) is 1. The number of hydrogen-bond acceptors (Lipinski definition) is 1. The lowest BCUT2D eigenvalue weighted by Gasteiger charge is -2.14. The lowest BCUT2D eigenvalue weighted by atomic mass is 9.99. The van der Waals surface area contributed by atoms with Crippen LogP contribution in [-0.4, -0.2) is 11.2 Å². The average molecular weight is 231 g/mol. The average Bonchev–Trinajstić information content (AvgIpc) is 2.15. The van der Waals surface area contributed by atoms with Crippen LogP contribution in [0, 0.1) is 11.7 Å². The molecule has 1 aromatic carbocycles. The highest BCUT2D eigenvalue weighted by Gasteiger charge is 2.10. The number of aliphatic hydroxyl groups is 1. The molecule has 0 spiro atoms. The molecule has 0 amide bonds. The summed E-state index contributed by atoms with van der Waals surface area (Å²) in [6.45, 7) is 3.89. The van der Waals surface area contributed by atoms with Crippen LogP contribution in [0.1, 0.15) is 25.8 Å². The molecule has 1 aromatic rings. The molecule has 0 radical (unpaired) electrons. The van der Waals surface area contributed by atoms with Crippen molar-refractivity contribution in [2.45, 2.75) is 32.8 Å². The van der Waals surface area contributed by atoms with Crippen LogP contribution >= 0.6 is 11.6 Å². The fourth-order valence-electron chi connectivity index (χ4n) is 1.36. The van der Waals surface area contributed by atoms with Gasteiger partial charge in [0.25, 0.3) is 0 Å². The van der Waals surface area contributed by atoms with Crippen LogP contribution in [-0.2, 0) is 6.42 Å². The Bertz CT molecular complexity index is 325. The van der Waals surface area contributed by atoms with Crippen LogP contribution in [0.4, 0.5) is 4.39 Å². The minimum atomic E-state index is -0.375. The molecule has 1 atom stereocenters. The molecule has 0 bridgehead atoms.